The van der Waals surface area contributed by atoms with Gasteiger partial charge in [0.25, 0.3) is 5.91 Å². The van der Waals surface area contributed by atoms with E-state index in [4.69, 9.17) is 27.9 Å². The molecule has 0 saturated carbocycles. The van der Waals surface area contributed by atoms with E-state index in [9.17, 15) is 4.79 Å². The summed E-state index contributed by atoms with van der Waals surface area (Å²) >= 11 is 12.5. The first-order valence-corrected chi connectivity index (χ1v) is 9.35. The van der Waals surface area contributed by atoms with E-state index in [1.54, 1.807) is 7.11 Å². The lowest BCUT2D eigenvalue weighted by Gasteiger charge is -2.35. The summed E-state index contributed by atoms with van der Waals surface area (Å²) in [5.41, 5.74) is 2.52. The summed E-state index contributed by atoms with van der Waals surface area (Å²) in [5.74, 6) is 0.791. The minimum absolute atomic E-state index is 0.0526. The molecule has 138 valence electrons. The summed E-state index contributed by atoms with van der Waals surface area (Å²) in [5, 5.41) is 1.37. The van der Waals surface area contributed by atoms with Gasteiger partial charge in [-0.05, 0) is 31.2 Å². The van der Waals surface area contributed by atoms with Gasteiger partial charge in [-0.1, -0.05) is 35.3 Å². The fraction of sp³-hybridized carbons (Fsp3) is 0.350. The molecule has 1 saturated heterocycles. The van der Waals surface area contributed by atoms with Crippen LogP contribution >= 0.6 is 23.2 Å². The van der Waals surface area contributed by atoms with Gasteiger partial charge in [0, 0.05) is 59.5 Å². The maximum Gasteiger partial charge on any atom is 0.254 e. The third-order valence-corrected chi connectivity index (χ3v) is 5.55. The molecular weight excluding hydrogens is 371 g/mol. The van der Waals surface area contributed by atoms with Crippen LogP contribution in [-0.2, 0) is 6.54 Å². The topological polar surface area (TPSA) is 32.8 Å². The quantitative estimate of drug-likeness (QED) is 0.778. The molecule has 1 aliphatic rings. The number of hydrogen-bond acceptors (Lipinski definition) is 3. The highest BCUT2D eigenvalue weighted by atomic mass is 35.5. The van der Waals surface area contributed by atoms with E-state index >= 15 is 0 Å². The normalized spacial score (nSPS) is 15.2. The Kier molecular flexibility index (Phi) is 6.07. The summed E-state index contributed by atoms with van der Waals surface area (Å²) in [7, 11) is 1.62. The average molecular weight is 393 g/mol. The van der Waals surface area contributed by atoms with Crippen molar-refractivity contribution in [2.75, 3.05) is 33.3 Å². The number of nitrogens with zero attached hydrogens (tertiary/aromatic N) is 2. The Labute approximate surface area is 164 Å². The zero-order chi connectivity index (χ0) is 18.7. The lowest BCUT2D eigenvalue weighted by Crippen LogP contribution is -2.48. The van der Waals surface area contributed by atoms with Crippen molar-refractivity contribution in [3.8, 4) is 5.75 Å². The van der Waals surface area contributed by atoms with Gasteiger partial charge in [0.15, 0.2) is 0 Å². The molecule has 4 nitrogen and oxygen atoms in total. The number of methoxy groups -OCH3 is 1. The third-order valence-electron chi connectivity index (χ3n) is 4.84. The second-order valence-electron chi connectivity index (χ2n) is 6.40. The number of carbonyl (C=O) groups excluding carboxylic acids is 1. The third kappa shape index (κ3) is 3.98. The Hall–Kier alpha value is -1.75. The number of benzene rings is 2. The van der Waals surface area contributed by atoms with Gasteiger partial charge in [0.2, 0.25) is 0 Å². The molecular formula is C20H22Cl2N2O2. The molecule has 0 unspecified atom stereocenters. The molecule has 1 aliphatic heterocycles. The highest BCUT2D eigenvalue weighted by Gasteiger charge is 2.24. The molecule has 1 heterocycles. The fourth-order valence-corrected chi connectivity index (χ4v) is 3.77. The fourth-order valence-electron chi connectivity index (χ4n) is 3.25. The Morgan fingerprint density at radius 2 is 1.65 bits per heavy atom. The van der Waals surface area contributed by atoms with Crippen LogP contribution in [0.25, 0.3) is 0 Å². The molecule has 0 aliphatic carbocycles. The van der Waals surface area contributed by atoms with Crippen LogP contribution in [0.15, 0.2) is 36.4 Å². The van der Waals surface area contributed by atoms with Gasteiger partial charge < -0.3 is 9.64 Å². The van der Waals surface area contributed by atoms with Crippen molar-refractivity contribution in [3.05, 3.63) is 63.1 Å². The van der Waals surface area contributed by atoms with Gasteiger partial charge in [0.05, 0.1) is 7.11 Å². The van der Waals surface area contributed by atoms with Crippen molar-refractivity contribution in [1.29, 1.82) is 0 Å². The molecule has 0 bridgehead atoms. The molecule has 1 amide bonds. The lowest BCUT2D eigenvalue weighted by atomic mass is 10.1. The van der Waals surface area contributed by atoms with Crippen LogP contribution in [0.3, 0.4) is 0 Å². The molecule has 3 rings (SSSR count). The predicted octanol–water partition coefficient (Wildman–Crippen LogP) is 4.27. The smallest absolute Gasteiger partial charge is 0.254 e. The number of ether oxygens (including phenoxy) is 1. The first-order chi connectivity index (χ1) is 12.5. The highest BCUT2D eigenvalue weighted by Crippen LogP contribution is 2.27. The number of halogens is 2. The van der Waals surface area contributed by atoms with Gasteiger partial charge in [0.1, 0.15) is 5.75 Å². The van der Waals surface area contributed by atoms with Crippen LogP contribution in [0.2, 0.25) is 10.0 Å². The second-order valence-corrected chi connectivity index (χ2v) is 7.22. The highest BCUT2D eigenvalue weighted by molar-refractivity contribution is 6.35. The monoisotopic (exact) mass is 392 g/mol. The van der Waals surface area contributed by atoms with E-state index in [-0.39, 0.29) is 5.91 Å². The maximum atomic E-state index is 12.9. The SMILES string of the molecule is COc1cccc(C(=O)N2CCN(Cc3c(Cl)cccc3Cl)CC2)c1C. The molecule has 0 aromatic heterocycles. The summed E-state index contributed by atoms with van der Waals surface area (Å²) in [4.78, 5) is 17.0. The van der Waals surface area contributed by atoms with Crippen LogP contribution in [0.4, 0.5) is 0 Å². The zero-order valence-corrected chi connectivity index (χ0v) is 16.5. The van der Waals surface area contributed by atoms with E-state index in [1.807, 2.05) is 48.2 Å². The average Bonchev–Trinajstić information content (AvgIpc) is 2.65. The van der Waals surface area contributed by atoms with Crippen molar-refractivity contribution >= 4 is 29.1 Å². The molecule has 2 aromatic carbocycles. The Morgan fingerprint density at radius 1 is 1.04 bits per heavy atom. The maximum absolute atomic E-state index is 12.9. The Bertz CT molecular complexity index is 782. The Balaban J connectivity index is 1.64. The number of hydrogen-bond donors (Lipinski definition) is 0. The van der Waals surface area contributed by atoms with Crippen molar-refractivity contribution in [3.63, 3.8) is 0 Å². The van der Waals surface area contributed by atoms with Crippen molar-refractivity contribution in [1.82, 2.24) is 9.80 Å². The van der Waals surface area contributed by atoms with Crippen LogP contribution in [0.5, 0.6) is 5.75 Å². The van der Waals surface area contributed by atoms with Gasteiger partial charge >= 0.3 is 0 Å². The van der Waals surface area contributed by atoms with E-state index < -0.39 is 0 Å². The number of amides is 1. The second kappa shape index (κ2) is 8.30. The molecule has 2 aromatic rings. The van der Waals surface area contributed by atoms with Crippen LogP contribution in [0.1, 0.15) is 21.5 Å². The molecule has 0 spiro atoms. The minimum Gasteiger partial charge on any atom is -0.496 e. The molecule has 6 heteroatoms. The van der Waals surface area contributed by atoms with Crippen LogP contribution in [0, 0.1) is 6.92 Å². The summed E-state index contributed by atoms with van der Waals surface area (Å²) in [6.07, 6.45) is 0. The first kappa shape index (κ1) is 19.0. The van der Waals surface area contributed by atoms with Crippen molar-refractivity contribution in [2.45, 2.75) is 13.5 Å². The first-order valence-electron chi connectivity index (χ1n) is 8.59. The summed E-state index contributed by atoms with van der Waals surface area (Å²) in [6.45, 7) is 5.54. The standard InChI is InChI=1S/C20H22Cl2N2O2/c1-14-15(5-3-8-19(14)26-2)20(25)24-11-9-23(10-12-24)13-16-17(21)6-4-7-18(16)22/h3-8H,9-13H2,1-2H3. The molecule has 0 atom stereocenters. The van der Waals surface area contributed by atoms with Gasteiger partial charge in [-0.15, -0.1) is 0 Å². The number of piperazine rings is 1. The van der Waals surface area contributed by atoms with Crippen LogP contribution in [-0.4, -0.2) is 49.0 Å². The van der Waals surface area contributed by atoms with Gasteiger partial charge in [-0.2, -0.15) is 0 Å². The minimum atomic E-state index is 0.0526. The van der Waals surface area contributed by atoms with E-state index in [2.05, 4.69) is 4.90 Å². The number of rotatable bonds is 4. The zero-order valence-electron chi connectivity index (χ0n) is 15.0. The van der Waals surface area contributed by atoms with Gasteiger partial charge in [-0.25, -0.2) is 0 Å². The predicted molar refractivity (Wildman–Crippen MR) is 105 cm³/mol. The number of carbonyl (C=O) groups is 1. The van der Waals surface area contributed by atoms with Crippen LogP contribution < -0.4 is 4.74 Å². The van der Waals surface area contributed by atoms with E-state index in [1.165, 1.54) is 0 Å². The van der Waals surface area contributed by atoms with E-state index in [0.29, 0.717) is 35.2 Å². The molecule has 0 N–H and O–H groups in total. The molecule has 26 heavy (non-hydrogen) atoms. The summed E-state index contributed by atoms with van der Waals surface area (Å²) in [6, 6.07) is 11.1. The summed E-state index contributed by atoms with van der Waals surface area (Å²) < 4.78 is 5.33. The van der Waals surface area contributed by atoms with Gasteiger partial charge in [-0.3, -0.25) is 9.69 Å². The molecule has 1 fully saturated rings. The van der Waals surface area contributed by atoms with E-state index in [0.717, 1.165) is 30.0 Å². The van der Waals surface area contributed by atoms with Crippen molar-refractivity contribution < 1.29 is 9.53 Å². The lowest BCUT2D eigenvalue weighted by molar-refractivity contribution is 0.0627. The molecule has 0 radical (unpaired) electrons. The largest absolute Gasteiger partial charge is 0.496 e. The van der Waals surface area contributed by atoms with Crippen molar-refractivity contribution in [2.24, 2.45) is 0 Å². The Morgan fingerprint density at radius 3 is 2.27 bits per heavy atom.